The van der Waals surface area contributed by atoms with Gasteiger partial charge in [-0.25, -0.2) is 0 Å². The lowest BCUT2D eigenvalue weighted by atomic mass is 9.91. The number of rotatable bonds is 6. The predicted molar refractivity (Wildman–Crippen MR) is 73.7 cm³/mol. The van der Waals surface area contributed by atoms with Crippen LogP contribution >= 0.6 is 0 Å². The average molecular weight is 235 g/mol. The lowest BCUT2D eigenvalue weighted by Crippen LogP contribution is -2.18. The number of benzene rings is 1. The van der Waals surface area contributed by atoms with Crippen LogP contribution in [0.4, 0.5) is 0 Å². The third-order valence-corrected chi connectivity index (χ3v) is 3.30. The van der Waals surface area contributed by atoms with Crippen molar-refractivity contribution < 1.29 is 4.74 Å². The van der Waals surface area contributed by atoms with Gasteiger partial charge in [0, 0.05) is 6.04 Å². The molecule has 0 radical (unpaired) electrons. The summed E-state index contributed by atoms with van der Waals surface area (Å²) in [6.07, 6.45) is 3.23. The van der Waals surface area contributed by atoms with Crippen molar-refractivity contribution in [1.29, 1.82) is 0 Å². The van der Waals surface area contributed by atoms with Crippen LogP contribution in [0.25, 0.3) is 0 Å². The Kier molecular flexibility index (Phi) is 5.49. The molecule has 0 aromatic heterocycles. The van der Waals surface area contributed by atoms with Crippen LogP contribution in [0, 0.1) is 0 Å². The van der Waals surface area contributed by atoms with E-state index in [2.05, 4.69) is 32.0 Å². The minimum absolute atomic E-state index is 0.167. The molecule has 0 fully saturated rings. The zero-order valence-electron chi connectivity index (χ0n) is 11.5. The third-order valence-electron chi connectivity index (χ3n) is 3.30. The number of nitrogens with two attached hydrogens (primary N) is 1. The molecule has 0 aliphatic heterocycles. The van der Waals surface area contributed by atoms with Crippen LogP contribution in [-0.4, -0.2) is 13.2 Å². The van der Waals surface area contributed by atoms with Crippen LogP contribution in [0.2, 0.25) is 0 Å². The molecule has 0 heterocycles. The quantitative estimate of drug-likeness (QED) is 0.819. The number of methoxy groups -OCH3 is 1. The molecule has 0 spiro atoms. The standard InChI is InChI=1S/C15H25NO/c1-5-12(6-2)13-7-8-15(17-4)14(10-13)9-11(3)16/h7-8,10-12H,5-6,9,16H2,1-4H3. The van der Waals surface area contributed by atoms with Gasteiger partial charge >= 0.3 is 0 Å². The van der Waals surface area contributed by atoms with Crippen molar-refractivity contribution in [2.24, 2.45) is 5.73 Å². The third kappa shape index (κ3) is 3.74. The molecule has 2 nitrogen and oxygen atoms in total. The second-order valence-corrected chi connectivity index (χ2v) is 4.77. The van der Waals surface area contributed by atoms with Gasteiger partial charge in [-0.3, -0.25) is 0 Å². The molecule has 0 saturated carbocycles. The Morgan fingerprint density at radius 1 is 1.24 bits per heavy atom. The van der Waals surface area contributed by atoms with E-state index in [1.807, 2.05) is 6.92 Å². The molecular weight excluding hydrogens is 210 g/mol. The molecule has 1 aromatic carbocycles. The van der Waals surface area contributed by atoms with Crippen LogP contribution in [0.1, 0.15) is 50.7 Å². The molecule has 1 atom stereocenters. The van der Waals surface area contributed by atoms with E-state index in [9.17, 15) is 0 Å². The SMILES string of the molecule is CCC(CC)c1ccc(OC)c(CC(C)N)c1. The predicted octanol–water partition coefficient (Wildman–Crippen LogP) is 3.49. The first-order chi connectivity index (χ1) is 8.12. The van der Waals surface area contributed by atoms with Crippen molar-refractivity contribution in [3.05, 3.63) is 29.3 Å². The van der Waals surface area contributed by atoms with E-state index in [4.69, 9.17) is 10.5 Å². The van der Waals surface area contributed by atoms with Gasteiger partial charge in [0.2, 0.25) is 0 Å². The summed E-state index contributed by atoms with van der Waals surface area (Å²) < 4.78 is 5.39. The van der Waals surface area contributed by atoms with E-state index in [-0.39, 0.29) is 6.04 Å². The largest absolute Gasteiger partial charge is 0.496 e. The monoisotopic (exact) mass is 235 g/mol. The van der Waals surface area contributed by atoms with Gasteiger partial charge < -0.3 is 10.5 Å². The molecule has 1 rings (SSSR count). The fourth-order valence-corrected chi connectivity index (χ4v) is 2.32. The summed E-state index contributed by atoms with van der Waals surface area (Å²) in [5.74, 6) is 1.60. The summed E-state index contributed by atoms with van der Waals surface area (Å²) in [5.41, 5.74) is 8.52. The van der Waals surface area contributed by atoms with Crippen LogP contribution in [-0.2, 0) is 6.42 Å². The van der Waals surface area contributed by atoms with Crippen molar-refractivity contribution in [3.8, 4) is 5.75 Å². The smallest absolute Gasteiger partial charge is 0.122 e. The van der Waals surface area contributed by atoms with Gasteiger partial charge in [0.25, 0.3) is 0 Å². The Bertz CT molecular complexity index is 343. The van der Waals surface area contributed by atoms with E-state index >= 15 is 0 Å². The maximum atomic E-state index is 5.88. The van der Waals surface area contributed by atoms with Crippen molar-refractivity contribution >= 4 is 0 Å². The highest BCUT2D eigenvalue weighted by Crippen LogP contribution is 2.28. The summed E-state index contributed by atoms with van der Waals surface area (Å²) in [6.45, 7) is 6.51. The lowest BCUT2D eigenvalue weighted by molar-refractivity contribution is 0.408. The maximum absolute atomic E-state index is 5.88. The van der Waals surface area contributed by atoms with Gasteiger partial charge in [-0.1, -0.05) is 26.0 Å². The van der Waals surface area contributed by atoms with Gasteiger partial charge in [0.1, 0.15) is 5.75 Å². The second-order valence-electron chi connectivity index (χ2n) is 4.77. The van der Waals surface area contributed by atoms with E-state index < -0.39 is 0 Å². The van der Waals surface area contributed by atoms with Gasteiger partial charge in [0.15, 0.2) is 0 Å². The summed E-state index contributed by atoms with van der Waals surface area (Å²) in [4.78, 5) is 0. The van der Waals surface area contributed by atoms with Crippen LogP contribution in [0.5, 0.6) is 5.75 Å². The molecule has 17 heavy (non-hydrogen) atoms. The summed E-state index contributed by atoms with van der Waals surface area (Å²) >= 11 is 0. The molecule has 2 heteroatoms. The zero-order chi connectivity index (χ0) is 12.8. The molecule has 0 bridgehead atoms. The normalized spacial score (nSPS) is 12.8. The first-order valence-corrected chi connectivity index (χ1v) is 6.54. The molecule has 96 valence electrons. The molecule has 0 amide bonds. The van der Waals surface area contributed by atoms with E-state index in [1.165, 1.54) is 24.0 Å². The Morgan fingerprint density at radius 3 is 2.35 bits per heavy atom. The maximum Gasteiger partial charge on any atom is 0.122 e. The molecular formula is C15H25NO. The Labute approximate surface area is 105 Å². The van der Waals surface area contributed by atoms with E-state index in [0.717, 1.165) is 12.2 Å². The van der Waals surface area contributed by atoms with Crippen LogP contribution in [0.15, 0.2) is 18.2 Å². The van der Waals surface area contributed by atoms with E-state index in [0.29, 0.717) is 5.92 Å². The zero-order valence-corrected chi connectivity index (χ0v) is 11.5. The highest BCUT2D eigenvalue weighted by molar-refractivity contribution is 5.39. The molecule has 0 saturated heterocycles. The fraction of sp³-hybridized carbons (Fsp3) is 0.600. The Hall–Kier alpha value is -1.02. The first-order valence-electron chi connectivity index (χ1n) is 6.54. The van der Waals surface area contributed by atoms with Gasteiger partial charge in [-0.05, 0) is 49.3 Å². The lowest BCUT2D eigenvalue weighted by Gasteiger charge is -2.17. The highest BCUT2D eigenvalue weighted by atomic mass is 16.5. The molecule has 1 unspecified atom stereocenters. The average Bonchev–Trinajstić information content (AvgIpc) is 2.30. The minimum Gasteiger partial charge on any atom is -0.496 e. The molecule has 1 aromatic rings. The van der Waals surface area contributed by atoms with E-state index in [1.54, 1.807) is 7.11 Å². The van der Waals surface area contributed by atoms with Crippen molar-refractivity contribution in [2.75, 3.05) is 7.11 Å². The first kappa shape index (κ1) is 14.0. The summed E-state index contributed by atoms with van der Waals surface area (Å²) in [7, 11) is 1.72. The fourth-order valence-electron chi connectivity index (χ4n) is 2.32. The van der Waals surface area contributed by atoms with Crippen LogP contribution in [0.3, 0.4) is 0 Å². The van der Waals surface area contributed by atoms with Crippen molar-refractivity contribution in [2.45, 2.75) is 52.0 Å². The molecule has 0 aliphatic carbocycles. The topological polar surface area (TPSA) is 35.2 Å². The van der Waals surface area contributed by atoms with Crippen molar-refractivity contribution in [3.63, 3.8) is 0 Å². The van der Waals surface area contributed by atoms with Gasteiger partial charge in [0.05, 0.1) is 7.11 Å². The minimum atomic E-state index is 0.167. The number of hydrogen-bond donors (Lipinski definition) is 1. The van der Waals surface area contributed by atoms with Gasteiger partial charge in [-0.15, -0.1) is 0 Å². The molecule has 2 N–H and O–H groups in total. The Morgan fingerprint density at radius 2 is 1.88 bits per heavy atom. The van der Waals surface area contributed by atoms with Crippen LogP contribution < -0.4 is 10.5 Å². The summed E-state index contributed by atoms with van der Waals surface area (Å²) in [5, 5.41) is 0. The second kappa shape index (κ2) is 6.65. The van der Waals surface area contributed by atoms with Crippen molar-refractivity contribution in [1.82, 2.24) is 0 Å². The number of hydrogen-bond acceptors (Lipinski definition) is 2. The molecule has 0 aliphatic rings. The highest BCUT2D eigenvalue weighted by Gasteiger charge is 2.11. The number of ether oxygens (including phenoxy) is 1. The van der Waals surface area contributed by atoms with Gasteiger partial charge in [-0.2, -0.15) is 0 Å². The summed E-state index contributed by atoms with van der Waals surface area (Å²) in [6, 6.07) is 6.69. The Balaban J connectivity index is 3.03.